The molecular formula is C14H26N2O5. The SMILES string of the molecule is COCCCN(CCOC)C(=O)NCC1(C(=O)O)CCC1. The number of hydrogen-bond acceptors (Lipinski definition) is 4. The van der Waals surface area contributed by atoms with E-state index in [1.807, 2.05) is 0 Å². The molecule has 0 aromatic heterocycles. The zero-order valence-corrected chi connectivity index (χ0v) is 12.9. The summed E-state index contributed by atoms with van der Waals surface area (Å²) >= 11 is 0. The Morgan fingerprint density at radius 1 is 1.19 bits per heavy atom. The lowest BCUT2D eigenvalue weighted by Crippen LogP contribution is -2.51. The molecule has 2 N–H and O–H groups in total. The third-order valence-corrected chi connectivity index (χ3v) is 3.97. The fourth-order valence-electron chi connectivity index (χ4n) is 2.34. The number of carboxylic acid groups (broad SMARTS) is 1. The number of nitrogens with one attached hydrogen (secondary N) is 1. The van der Waals surface area contributed by atoms with Crippen LogP contribution in [-0.2, 0) is 14.3 Å². The van der Waals surface area contributed by atoms with Crippen LogP contribution in [0.2, 0.25) is 0 Å². The molecule has 0 aromatic rings. The van der Waals surface area contributed by atoms with Crippen molar-refractivity contribution < 1.29 is 24.2 Å². The summed E-state index contributed by atoms with van der Waals surface area (Å²) in [6.45, 7) is 2.25. The van der Waals surface area contributed by atoms with Crippen molar-refractivity contribution in [3.63, 3.8) is 0 Å². The molecule has 0 unspecified atom stereocenters. The maximum Gasteiger partial charge on any atom is 0.317 e. The van der Waals surface area contributed by atoms with Crippen LogP contribution in [0.15, 0.2) is 0 Å². The van der Waals surface area contributed by atoms with Crippen LogP contribution in [0.25, 0.3) is 0 Å². The lowest BCUT2D eigenvalue weighted by Gasteiger charge is -2.38. The zero-order chi connectivity index (χ0) is 15.7. The van der Waals surface area contributed by atoms with E-state index in [0.29, 0.717) is 39.1 Å². The highest BCUT2D eigenvalue weighted by Crippen LogP contribution is 2.40. The van der Waals surface area contributed by atoms with Crippen molar-refractivity contribution in [2.45, 2.75) is 25.7 Å². The second-order valence-corrected chi connectivity index (χ2v) is 5.42. The Labute approximate surface area is 125 Å². The number of hydrogen-bond donors (Lipinski definition) is 2. The number of nitrogens with zero attached hydrogens (tertiary/aromatic N) is 1. The zero-order valence-electron chi connectivity index (χ0n) is 12.9. The molecule has 2 amide bonds. The largest absolute Gasteiger partial charge is 0.481 e. The van der Waals surface area contributed by atoms with Crippen LogP contribution in [0, 0.1) is 5.41 Å². The van der Waals surface area contributed by atoms with Crippen LogP contribution in [-0.4, -0.2) is 69.1 Å². The molecule has 0 saturated heterocycles. The molecule has 0 aliphatic heterocycles. The Balaban J connectivity index is 2.44. The Hall–Kier alpha value is -1.34. The van der Waals surface area contributed by atoms with Gasteiger partial charge in [-0.2, -0.15) is 0 Å². The van der Waals surface area contributed by atoms with Crippen LogP contribution in [0.3, 0.4) is 0 Å². The van der Waals surface area contributed by atoms with E-state index in [4.69, 9.17) is 9.47 Å². The number of methoxy groups -OCH3 is 2. The number of carbonyl (C=O) groups is 2. The van der Waals surface area contributed by atoms with Crippen molar-refractivity contribution >= 4 is 12.0 Å². The molecule has 0 bridgehead atoms. The smallest absolute Gasteiger partial charge is 0.317 e. The van der Waals surface area contributed by atoms with Gasteiger partial charge in [0.2, 0.25) is 0 Å². The number of carboxylic acids is 1. The van der Waals surface area contributed by atoms with Crippen molar-refractivity contribution in [3.05, 3.63) is 0 Å². The van der Waals surface area contributed by atoms with Gasteiger partial charge in [-0.1, -0.05) is 6.42 Å². The van der Waals surface area contributed by atoms with E-state index in [1.165, 1.54) is 0 Å². The standard InChI is InChI=1S/C14H26N2O5/c1-20-9-4-7-16(8-10-21-2)13(19)15-11-14(12(17)18)5-3-6-14/h3-11H2,1-2H3,(H,15,19)(H,17,18). The highest BCUT2D eigenvalue weighted by atomic mass is 16.5. The van der Waals surface area contributed by atoms with Crippen molar-refractivity contribution in [1.29, 1.82) is 0 Å². The lowest BCUT2D eigenvalue weighted by atomic mass is 9.69. The molecule has 1 saturated carbocycles. The van der Waals surface area contributed by atoms with Gasteiger partial charge in [-0.15, -0.1) is 0 Å². The van der Waals surface area contributed by atoms with Gasteiger partial charge in [0.25, 0.3) is 0 Å². The first-order chi connectivity index (χ1) is 10.1. The maximum atomic E-state index is 12.2. The summed E-state index contributed by atoms with van der Waals surface area (Å²) in [5, 5.41) is 12.0. The van der Waals surface area contributed by atoms with Gasteiger partial charge in [0.05, 0.1) is 12.0 Å². The van der Waals surface area contributed by atoms with Gasteiger partial charge in [-0.25, -0.2) is 4.79 Å². The van der Waals surface area contributed by atoms with Gasteiger partial charge in [-0.3, -0.25) is 4.79 Å². The van der Waals surface area contributed by atoms with Gasteiger partial charge in [-0.05, 0) is 19.3 Å². The monoisotopic (exact) mass is 302 g/mol. The molecule has 1 aliphatic carbocycles. The molecule has 21 heavy (non-hydrogen) atoms. The molecule has 1 fully saturated rings. The molecule has 1 aliphatic rings. The quantitative estimate of drug-likeness (QED) is 0.586. The molecule has 0 atom stereocenters. The number of aliphatic carboxylic acids is 1. The summed E-state index contributed by atoms with van der Waals surface area (Å²) in [5.74, 6) is -0.822. The molecule has 7 nitrogen and oxygen atoms in total. The molecule has 0 radical (unpaired) electrons. The highest BCUT2D eigenvalue weighted by molar-refractivity contribution is 5.78. The Morgan fingerprint density at radius 2 is 1.86 bits per heavy atom. The van der Waals surface area contributed by atoms with Crippen LogP contribution < -0.4 is 5.32 Å². The summed E-state index contributed by atoms with van der Waals surface area (Å²) in [4.78, 5) is 25.1. The first-order valence-corrected chi connectivity index (χ1v) is 7.30. The van der Waals surface area contributed by atoms with Gasteiger partial charge in [0.1, 0.15) is 0 Å². The second-order valence-electron chi connectivity index (χ2n) is 5.42. The first-order valence-electron chi connectivity index (χ1n) is 7.30. The van der Waals surface area contributed by atoms with Crippen LogP contribution in [0.5, 0.6) is 0 Å². The van der Waals surface area contributed by atoms with Crippen LogP contribution in [0.1, 0.15) is 25.7 Å². The third-order valence-electron chi connectivity index (χ3n) is 3.97. The summed E-state index contributed by atoms with van der Waals surface area (Å²) in [6.07, 6.45) is 2.90. The molecule has 0 heterocycles. The highest BCUT2D eigenvalue weighted by Gasteiger charge is 2.44. The minimum absolute atomic E-state index is 0.189. The lowest BCUT2D eigenvalue weighted by molar-refractivity contribution is -0.153. The van der Waals surface area contributed by atoms with Crippen LogP contribution in [0.4, 0.5) is 4.79 Å². The van der Waals surface area contributed by atoms with Crippen molar-refractivity contribution in [3.8, 4) is 0 Å². The van der Waals surface area contributed by atoms with Crippen molar-refractivity contribution in [2.75, 3.05) is 47.1 Å². The van der Waals surface area contributed by atoms with E-state index >= 15 is 0 Å². The topological polar surface area (TPSA) is 88.1 Å². The normalized spacial score (nSPS) is 16.1. The average Bonchev–Trinajstić information content (AvgIpc) is 2.40. The molecule has 7 heteroatoms. The number of ether oxygens (including phenoxy) is 2. The van der Waals surface area contributed by atoms with Crippen molar-refractivity contribution in [1.82, 2.24) is 10.2 Å². The van der Waals surface area contributed by atoms with Crippen LogP contribution >= 0.6 is 0 Å². The van der Waals surface area contributed by atoms with E-state index in [-0.39, 0.29) is 12.6 Å². The average molecular weight is 302 g/mol. The molecule has 0 aromatic carbocycles. The van der Waals surface area contributed by atoms with Gasteiger partial charge in [0.15, 0.2) is 0 Å². The number of carbonyl (C=O) groups excluding carboxylic acids is 1. The van der Waals surface area contributed by atoms with Gasteiger partial charge in [0, 0.05) is 40.5 Å². The fourth-order valence-corrected chi connectivity index (χ4v) is 2.34. The van der Waals surface area contributed by atoms with Gasteiger partial charge < -0.3 is 24.8 Å². The minimum Gasteiger partial charge on any atom is -0.481 e. The molecule has 1 rings (SSSR count). The van der Waals surface area contributed by atoms with E-state index in [1.54, 1.807) is 19.1 Å². The minimum atomic E-state index is -0.822. The summed E-state index contributed by atoms with van der Waals surface area (Å²) in [7, 11) is 3.20. The molecular weight excluding hydrogens is 276 g/mol. The summed E-state index contributed by atoms with van der Waals surface area (Å²) < 4.78 is 9.98. The number of rotatable bonds is 10. The van der Waals surface area contributed by atoms with Crippen molar-refractivity contribution in [2.24, 2.45) is 5.41 Å². The van der Waals surface area contributed by atoms with E-state index in [0.717, 1.165) is 12.8 Å². The first kappa shape index (κ1) is 17.7. The summed E-state index contributed by atoms with van der Waals surface area (Å²) in [6, 6.07) is -0.240. The summed E-state index contributed by atoms with van der Waals surface area (Å²) in [5.41, 5.74) is -0.769. The Bertz CT molecular complexity index is 344. The van der Waals surface area contributed by atoms with E-state index in [2.05, 4.69) is 5.32 Å². The Kier molecular flexibility index (Phi) is 7.45. The maximum absolute atomic E-state index is 12.2. The molecule has 122 valence electrons. The van der Waals surface area contributed by atoms with E-state index in [9.17, 15) is 14.7 Å². The Morgan fingerprint density at radius 3 is 2.33 bits per heavy atom. The number of amides is 2. The third kappa shape index (κ3) is 5.17. The number of urea groups is 1. The predicted octanol–water partition coefficient (Wildman–Crippen LogP) is 0.936. The van der Waals surface area contributed by atoms with Gasteiger partial charge >= 0.3 is 12.0 Å². The molecule has 0 spiro atoms. The van der Waals surface area contributed by atoms with E-state index < -0.39 is 11.4 Å². The predicted molar refractivity (Wildman–Crippen MR) is 77.3 cm³/mol. The fraction of sp³-hybridized carbons (Fsp3) is 0.857. The second kappa shape index (κ2) is 8.84.